The lowest BCUT2D eigenvalue weighted by atomic mass is 10.2. The number of nitrogens with two attached hydrogens (primary N) is 1. The molecule has 0 unspecified atom stereocenters. The predicted octanol–water partition coefficient (Wildman–Crippen LogP) is 2.94. The number of amides is 1. The Morgan fingerprint density at radius 1 is 1.11 bits per heavy atom. The highest BCUT2D eigenvalue weighted by Crippen LogP contribution is 2.30. The Morgan fingerprint density at radius 2 is 1.96 bits per heavy atom. The molecule has 0 atom stereocenters. The first-order valence-electron chi connectivity index (χ1n) is 8.44. The van der Waals surface area contributed by atoms with Gasteiger partial charge >= 0.3 is 0 Å². The van der Waals surface area contributed by atoms with E-state index in [1.54, 1.807) is 31.6 Å². The summed E-state index contributed by atoms with van der Waals surface area (Å²) in [4.78, 5) is 29.2. The molecular weight excluding hydrogens is 356 g/mol. The molecule has 4 rings (SSSR count). The van der Waals surface area contributed by atoms with Crippen LogP contribution in [-0.4, -0.2) is 33.0 Å². The van der Waals surface area contributed by atoms with Crippen molar-refractivity contribution in [3.63, 3.8) is 0 Å². The molecule has 1 aromatic carbocycles. The molecule has 0 radical (unpaired) electrons. The third kappa shape index (κ3) is 3.30. The van der Waals surface area contributed by atoms with Crippen LogP contribution in [0.5, 0.6) is 5.75 Å². The highest BCUT2D eigenvalue weighted by atomic mass is 16.5. The minimum atomic E-state index is -0.633. The quantitative estimate of drug-likeness (QED) is 0.553. The van der Waals surface area contributed by atoms with Gasteiger partial charge in [0.05, 0.1) is 18.3 Å². The molecule has 1 amide bonds. The van der Waals surface area contributed by atoms with Crippen molar-refractivity contribution < 1.29 is 9.53 Å². The third-order valence-electron chi connectivity index (χ3n) is 4.12. The number of rotatable bonds is 5. The van der Waals surface area contributed by atoms with E-state index >= 15 is 0 Å². The van der Waals surface area contributed by atoms with Gasteiger partial charge in [0.1, 0.15) is 11.6 Å². The van der Waals surface area contributed by atoms with Crippen molar-refractivity contribution in [3.05, 3.63) is 66.7 Å². The maximum absolute atomic E-state index is 11.7. The van der Waals surface area contributed by atoms with Crippen LogP contribution in [0.1, 0.15) is 10.5 Å². The molecule has 0 aliphatic rings. The Hall–Kier alpha value is -4.07. The number of nitrogens with zero attached hydrogens (tertiary/aromatic N) is 4. The number of anilines is 2. The van der Waals surface area contributed by atoms with Crippen molar-refractivity contribution >= 4 is 28.3 Å². The van der Waals surface area contributed by atoms with Crippen LogP contribution < -0.4 is 15.8 Å². The summed E-state index contributed by atoms with van der Waals surface area (Å²) in [6.45, 7) is 0. The van der Waals surface area contributed by atoms with Gasteiger partial charge in [-0.05, 0) is 42.5 Å². The second kappa shape index (κ2) is 7.28. The number of primary amides is 1. The molecule has 0 aliphatic carbocycles. The van der Waals surface area contributed by atoms with E-state index in [-0.39, 0.29) is 5.69 Å². The Balaban J connectivity index is 1.91. The Morgan fingerprint density at radius 3 is 2.71 bits per heavy atom. The van der Waals surface area contributed by atoms with Gasteiger partial charge in [-0.15, -0.1) is 0 Å². The van der Waals surface area contributed by atoms with E-state index in [0.29, 0.717) is 28.6 Å². The van der Waals surface area contributed by atoms with Crippen molar-refractivity contribution in [2.75, 3.05) is 12.4 Å². The van der Waals surface area contributed by atoms with Crippen LogP contribution in [0.3, 0.4) is 0 Å². The summed E-state index contributed by atoms with van der Waals surface area (Å²) in [5.74, 6) is 1.03. The second-order valence-corrected chi connectivity index (χ2v) is 5.91. The fourth-order valence-corrected chi connectivity index (χ4v) is 2.78. The molecule has 8 heteroatoms. The number of fused-ring (bicyclic) bond motifs is 1. The van der Waals surface area contributed by atoms with Gasteiger partial charge in [-0.2, -0.15) is 0 Å². The van der Waals surface area contributed by atoms with Crippen LogP contribution in [0.4, 0.5) is 11.5 Å². The highest BCUT2D eigenvalue weighted by Gasteiger charge is 2.14. The number of ether oxygens (including phenoxy) is 1. The van der Waals surface area contributed by atoms with E-state index in [4.69, 9.17) is 10.5 Å². The van der Waals surface area contributed by atoms with E-state index in [1.165, 1.54) is 6.20 Å². The van der Waals surface area contributed by atoms with Crippen molar-refractivity contribution in [2.24, 2.45) is 5.73 Å². The van der Waals surface area contributed by atoms with Crippen LogP contribution in [0, 0.1) is 0 Å². The van der Waals surface area contributed by atoms with Crippen molar-refractivity contribution in [1.82, 2.24) is 19.9 Å². The monoisotopic (exact) mass is 372 g/mol. The first kappa shape index (κ1) is 17.3. The zero-order valence-electron chi connectivity index (χ0n) is 15.0. The topological polar surface area (TPSA) is 116 Å². The molecule has 4 aromatic rings. The van der Waals surface area contributed by atoms with Gasteiger partial charge in [0.25, 0.3) is 5.91 Å². The Kier molecular flexibility index (Phi) is 4.51. The lowest BCUT2D eigenvalue weighted by molar-refractivity contribution is 0.0996. The molecule has 3 N–H and O–H groups in total. The highest BCUT2D eigenvalue weighted by molar-refractivity contribution is 5.99. The minimum Gasteiger partial charge on any atom is -0.497 e. The largest absolute Gasteiger partial charge is 0.497 e. The summed E-state index contributed by atoms with van der Waals surface area (Å²) in [7, 11) is 1.59. The van der Waals surface area contributed by atoms with Crippen LogP contribution in [-0.2, 0) is 0 Å². The maximum atomic E-state index is 11.7. The van der Waals surface area contributed by atoms with E-state index in [9.17, 15) is 4.79 Å². The second-order valence-electron chi connectivity index (χ2n) is 5.91. The van der Waals surface area contributed by atoms with Gasteiger partial charge in [0.15, 0.2) is 11.5 Å². The van der Waals surface area contributed by atoms with Crippen LogP contribution in [0.15, 0.2) is 61.1 Å². The zero-order valence-corrected chi connectivity index (χ0v) is 15.0. The first-order chi connectivity index (χ1) is 13.7. The first-order valence-corrected chi connectivity index (χ1v) is 8.44. The molecule has 28 heavy (non-hydrogen) atoms. The number of carbonyl (C=O) groups is 1. The smallest absolute Gasteiger partial charge is 0.269 e. The summed E-state index contributed by atoms with van der Waals surface area (Å²) in [6, 6.07) is 12.6. The van der Waals surface area contributed by atoms with Gasteiger partial charge in [0, 0.05) is 29.5 Å². The molecule has 138 valence electrons. The van der Waals surface area contributed by atoms with Crippen molar-refractivity contribution in [1.29, 1.82) is 0 Å². The van der Waals surface area contributed by atoms with Gasteiger partial charge < -0.3 is 15.8 Å². The summed E-state index contributed by atoms with van der Waals surface area (Å²) < 4.78 is 5.32. The average molecular weight is 372 g/mol. The molecule has 3 aromatic heterocycles. The minimum absolute atomic E-state index is 0.125. The number of hydrogen-bond donors (Lipinski definition) is 2. The predicted molar refractivity (Wildman–Crippen MR) is 105 cm³/mol. The molecule has 0 saturated heterocycles. The summed E-state index contributed by atoms with van der Waals surface area (Å²) >= 11 is 0. The number of benzene rings is 1. The fourth-order valence-electron chi connectivity index (χ4n) is 2.78. The summed E-state index contributed by atoms with van der Waals surface area (Å²) in [6.07, 6.45) is 4.88. The average Bonchev–Trinajstić information content (AvgIpc) is 2.74. The fraction of sp³-hybridized carbons (Fsp3) is 0.0500. The number of hydrogen-bond acceptors (Lipinski definition) is 7. The molecule has 0 aliphatic heterocycles. The molecule has 0 saturated carbocycles. The molecule has 8 nitrogen and oxygen atoms in total. The normalized spacial score (nSPS) is 10.6. The number of methoxy groups -OCH3 is 1. The summed E-state index contributed by atoms with van der Waals surface area (Å²) in [5, 5.41) is 3.90. The van der Waals surface area contributed by atoms with Crippen LogP contribution in [0.25, 0.3) is 22.3 Å². The number of carbonyl (C=O) groups excluding carboxylic acids is 1. The van der Waals surface area contributed by atoms with Crippen LogP contribution in [0.2, 0.25) is 0 Å². The molecular formula is C20H16N6O2. The Bertz CT molecular complexity index is 1160. The van der Waals surface area contributed by atoms with E-state index in [0.717, 1.165) is 10.9 Å². The molecule has 0 spiro atoms. The number of nitrogens with one attached hydrogen (secondary N) is 1. The number of pyridine rings is 2. The third-order valence-corrected chi connectivity index (χ3v) is 4.12. The Labute approximate surface area is 160 Å². The van der Waals surface area contributed by atoms with Crippen LogP contribution >= 0.6 is 0 Å². The molecule has 3 heterocycles. The van der Waals surface area contributed by atoms with Gasteiger partial charge in [-0.25, -0.2) is 15.0 Å². The number of aromatic nitrogens is 4. The van der Waals surface area contributed by atoms with Gasteiger partial charge in [0.2, 0.25) is 0 Å². The standard InChI is InChI=1S/C20H16N6O2/c1-28-13-6-7-15-14(10-13)20(25-16-5-3-9-23-17(16)18(21)27)26-19(24-15)12-4-2-8-22-11-12/h2-11H,1H3,(H2,21,27)(H,24,25,26). The zero-order chi connectivity index (χ0) is 19.5. The van der Waals surface area contributed by atoms with Crippen molar-refractivity contribution in [2.45, 2.75) is 0 Å². The lowest BCUT2D eigenvalue weighted by Crippen LogP contribution is -2.15. The van der Waals surface area contributed by atoms with E-state index in [2.05, 4.69) is 25.3 Å². The molecule has 0 bridgehead atoms. The van der Waals surface area contributed by atoms with E-state index in [1.807, 2.05) is 30.3 Å². The SMILES string of the molecule is COc1ccc2nc(-c3cccnc3)nc(Nc3cccnc3C(N)=O)c2c1. The summed E-state index contributed by atoms with van der Waals surface area (Å²) in [5.41, 5.74) is 7.50. The van der Waals surface area contributed by atoms with Crippen molar-refractivity contribution in [3.8, 4) is 17.1 Å². The van der Waals surface area contributed by atoms with Gasteiger partial charge in [-0.3, -0.25) is 9.78 Å². The maximum Gasteiger partial charge on any atom is 0.269 e. The molecule has 0 fully saturated rings. The van der Waals surface area contributed by atoms with Gasteiger partial charge in [-0.1, -0.05) is 0 Å². The lowest BCUT2D eigenvalue weighted by Gasteiger charge is -2.13. The van der Waals surface area contributed by atoms with E-state index < -0.39 is 5.91 Å².